The highest BCUT2D eigenvalue weighted by Crippen LogP contribution is 2.61. The predicted octanol–water partition coefficient (Wildman–Crippen LogP) is 28.7. The second-order valence-corrected chi connectivity index (χ2v) is 28.6. The van der Waals surface area contributed by atoms with Crippen molar-refractivity contribution in [3.63, 3.8) is 0 Å². The summed E-state index contributed by atoms with van der Waals surface area (Å²) in [6.07, 6.45) is 3.63. The molecule has 18 rings (SSSR count). The van der Waals surface area contributed by atoms with Gasteiger partial charge in [-0.2, -0.15) is 0 Å². The van der Waals surface area contributed by atoms with Gasteiger partial charge in [0.1, 0.15) is 28.8 Å². The molecule has 2 aliphatic carbocycles. The second kappa shape index (κ2) is 29.0. The number of fused-ring (bicyclic) bond motifs is 6. The number of halogens is 3. The Morgan fingerprint density at radius 2 is 0.571 bits per heavy atom. The molecule has 0 aromatic heterocycles. The van der Waals surface area contributed by atoms with E-state index in [1.54, 1.807) is 6.07 Å². The normalized spacial score (nSPS) is 14.2. The van der Waals surface area contributed by atoms with E-state index in [0.717, 1.165) is 145 Å². The van der Waals surface area contributed by atoms with Crippen LogP contribution in [0, 0.1) is 17.5 Å². The lowest BCUT2D eigenvalue weighted by molar-refractivity contribution is 0.482. The molecule has 0 fully saturated rings. The highest BCUT2D eigenvalue weighted by atomic mass is 19.2. The van der Waals surface area contributed by atoms with Crippen LogP contribution in [-0.2, 0) is 10.8 Å². The maximum Gasteiger partial charge on any atom is 0.160 e. The Hall–Kier alpha value is -14.3. The first-order valence-corrected chi connectivity index (χ1v) is 37.5. The second-order valence-electron chi connectivity index (χ2n) is 28.6. The number of benzene rings is 16. The zero-order valence-corrected chi connectivity index (χ0v) is 61.4. The first-order chi connectivity index (χ1) is 54.9. The Morgan fingerprint density at radius 1 is 0.277 bits per heavy atom. The van der Waals surface area contributed by atoms with Crippen molar-refractivity contribution in [2.24, 2.45) is 0 Å². The molecule has 2 unspecified atom stereocenters. The van der Waals surface area contributed by atoms with Crippen molar-refractivity contribution in [1.29, 1.82) is 0 Å². The average molecular weight is 1450 g/mol. The largest absolute Gasteiger partial charge is 0.457 e. The van der Waals surface area contributed by atoms with Gasteiger partial charge in [-0.25, -0.2) is 13.2 Å². The van der Waals surface area contributed by atoms with E-state index in [1.807, 2.05) is 127 Å². The number of rotatable bonds is 20. The molecule has 0 saturated carbocycles. The Kier molecular flexibility index (Phi) is 18.0. The maximum absolute atomic E-state index is 16.1. The third-order valence-electron chi connectivity index (χ3n) is 22.1. The zero-order valence-electron chi connectivity index (χ0n) is 61.4. The summed E-state index contributed by atoms with van der Waals surface area (Å²) >= 11 is 0. The van der Waals surface area contributed by atoms with E-state index in [9.17, 15) is 0 Å². The minimum Gasteiger partial charge on any atom is -0.457 e. The van der Waals surface area contributed by atoms with Crippen LogP contribution < -0.4 is 19.3 Å². The third kappa shape index (κ3) is 12.4. The van der Waals surface area contributed by atoms with Crippen LogP contribution in [0.25, 0.3) is 73.4 Å². The standard InChI is InChI=1S/C105H73F3N2O2/c1-5-70-27-49-88(50-28-70)111-90-53-37-80(38-54-90)104(78-23-15-9-16-24-78)97-63-76(72-19-11-7-12-20-72)35-57-92(97)94-59-45-85(66-99(94)104)109(84-47-61-101(106)96(65-84)69(3)4)82-41-31-74(32-42-82)75-33-43-83(44-34-75)110(87-48-62-102(107)103(108)68-87)86-46-60-95-93-58-36-77(73-21-13-8-14-22-73)64-98(93)105(100(95)67-86,79-25-17-10-18-26-79)81-39-55-91(56-40-81)112-89-51-29-71(6-2)30-52-89/h5-68H,1-3H2,4H3. The van der Waals surface area contributed by atoms with Gasteiger partial charge >= 0.3 is 0 Å². The molecule has 536 valence electrons. The van der Waals surface area contributed by atoms with E-state index in [4.69, 9.17) is 9.47 Å². The Bertz CT molecular complexity index is 6250. The molecule has 0 spiro atoms. The van der Waals surface area contributed by atoms with Crippen molar-refractivity contribution in [3.8, 4) is 78.6 Å². The van der Waals surface area contributed by atoms with Gasteiger partial charge in [0.25, 0.3) is 0 Å². The summed E-state index contributed by atoms with van der Waals surface area (Å²) in [6.45, 7) is 13.9. The summed E-state index contributed by atoms with van der Waals surface area (Å²) in [5.74, 6) is 0.536. The molecular formula is C105H73F3N2O2. The molecule has 0 aliphatic heterocycles. The topological polar surface area (TPSA) is 24.9 Å². The fraction of sp³-hybridized carbons (Fsp3) is 0.0286. The smallest absolute Gasteiger partial charge is 0.160 e. The van der Waals surface area contributed by atoms with Crippen molar-refractivity contribution in [2.75, 3.05) is 9.80 Å². The van der Waals surface area contributed by atoms with E-state index in [0.29, 0.717) is 34.1 Å². The van der Waals surface area contributed by atoms with Crippen molar-refractivity contribution < 1.29 is 22.6 Å². The fourth-order valence-electron chi connectivity index (χ4n) is 16.7. The molecule has 2 aliphatic rings. The molecule has 0 amide bonds. The van der Waals surface area contributed by atoms with Crippen LogP contribution in [0.3, 0.4) is 0 Å². The van der Waals surface area contributed by atoms with Gasteiger partial charge in [0, 0.05) is 45.8 Å². The van der Waals surface area contributed by atoms with Gasteiger partial charge in [0.15, 0.2) is 11.6 Å². The Balaban J connectivity index is 0.743. The van der Waals surface area contributed by atoms with E-state index in [1.165, 1.54) is 18.2 Å². The van der Waals surface area contributed by atoms with Gasteiger partial charge in [0.2, 0.25) is 0 Å². The number of nitrogens with zero attached hydrogens (tertiary/aromatic N) is 2. The predicted molar refractivity (Wildman–Crippen MR) is 455 cm³/mol. The van der Waals surface area contributed by atoms with Crippen LogP contribution in [0.4, 0.5) is 47.3 Å². The molecule has 4 nitrogen and oxygen atoms in total. The van der Waals surface area contributed by atoms with Crippen LogP contribution in [0.2, 0.25) is 0 Å². The van der Waals surface area contributed by atoms with Gasteiger partial charge < -0.3 is 19.3 Å². The monoisotopic (exact) mass is 1450 g/mol. The molecule has 16 aromatic rings. The minimum absolute atomic E-state index is 0.361. The highest BCUT2D eigenvalue weighted by molar-refractivity contribution is 5.94. The molecule has 0 saturated heterocycles. The maximum atomic E-state index is 16.1. The first-order valence-electron chi connectivity index (χ1n) is 37.5. The molecule has 112 heavy (non-hydrogen) atoms. The van der Waals surface area contributed by atoms with E-state index in [2.05, 4.69) is 273 Å². The summed E-state index contributed by atoms with van der Waals surface area (Å²) in [5.41, 5.74) is 24.7. The average Bonchev–Trinajstić information content (AvgIpc) is 1.53. The quantitative estimate of drug-likeness (QED) is 0.0759. The van der Waals surface area contributed by atoms with Gasteiger partial charge in [-0.1, -0.05) is 262 Å². The summed E-state index contributed by atoms with van der Waals surface area (Å²) in [5, 5.41) is 0. The van der Waals surface area contributed by atoms with Crippen LogP contribution in [0.15, 0.2) is 396 Å². The summed E-state index contributed by atoms with van der Waals surface area (Å²) < 4.78 is 60.3. The molecule has 0 bridgehead atoms. The van der Waals surface area contributed by atoms with Gasteiger partial charge in [-0.05, 0) is 263 Å². The molecular weight excluding hydrogens is 1380 g/mol. The zero-order chi connectivity index (χ0) is 76.0. The van der Waals surface area contributed by atoms with Crippen LogP contribution in [-0.4, -0.2) is 0 Å². The van der Waals surface area contributed by atoms with Gasteiger partial charge in [-0.3, -0.25) is 0 Å². The van der Waals surface area contributed by atoms with Crippen molar-refractivity contribution in [2.45, 2.75) is 17.8 Å². The summed E-state index contributed by atoms with van der Waals surface area (Å²) in [4.78, 5) is 4.19. The molecule has 2 atom stereocenters. The highest BCUT2D eigenvalue weighted by Gasteiger charge is 2.49. The van der Waals surface area contributed by atoms with Crippen molar-refractivity contribution >= 4 is 51.8 Å². The molecule has 0 heterocycles. The number of anilines is 6. The van der Waals surface area contributed by atoms with E-state index < -0.39 is 22.5 Å². The van der Waals surface area contributed by atoms with Crippen LogP contribution >= 0.6 is 0 Å². The first kappa shape index (κ1) is 69.5. The number of ether oxygens (including phenoxy) is 2. The van der Waals surface area contributed by atoms with Crippen LogP contribution in [0.5, 0.6) is 23.0 Å². The van der Waals surface area contributed by atoms with Gasteiger partial charge in [0.05, 0.1) is 10.8 Å². The SMILES string of the molecule is C=Cc1ccc(Oc2ccc(C3(c4ccccc4)c4cc(-c5ccccc5)ccc4-c4ccc(N(c5ccc(-c6ccc(N(c7ccc(F)c(C(=C)C)c7)c7ccc8c(c7)C(c7ccccc7)(c7ccc(Oc9ccc(C=C)cc9)cc7)c7cc(-c9ccccc9)ccc7-8)cc6)cc5)c5ccc(F)c(F)c5)cc43)cc2)cc1. The summed E-state index contributed by atoms with van der Waals surface area (Å²) in [7, 11) is 0. The molecule has 7 heteroatoms. The lowest BCUT2D eigenvalue weighted by Crippen LogP contribution is -2.29. The molecule has 16 aromatic carbocycles. The fourth-order valence-corrected chi connectivity index (χ4v) is 16.7. The summed E-state index contributed by atoms with van der Waals surface area (Å²) in [6, 6.07) is 128. The third-order valence-corrected chi connectivity index (χ3v) is 22.1. The number of allylic oxidation sites excluding steroid dienone is 1. The van der Waals surface area contributed by atoms with Gasteiger partial charge in [-0.15, -0.1) is 0 Å². The van der Waals surface area contributed by atoms with Crippen molar-refractivity contribution in [3.05, 3.63) is 475 Å². The number of hydrogen-bond acceptors (Lipinski definition) is 4. The molecule has 0 radical (unpaired) electrons. The van der Waals surface area contributed by atoms with E-state index in [-0.39, 0.29) is 5.82 Å². The number of hydrogen-bond donors (Lipinski definition) is 0. The molecule has 0 N–H and O–H groups in total. The van der Waals surface area contributed by atoms with E-state index >= 15 is 13.2 Å². The lowest BCUT2D eigenvalue weighted by atomic mass is 9.67. The lowest BCUT2D eigenvalue weighted by Gasteiger charge is -2.35. The Morgan fingerprint density at radius 3 is 0.946 bits per heavy atom. The van der Waals surface area contributed by atoms with Crippen LogP contribution in [0.1, 0.15) is 68.1 Å². The Labute approximate surface area is 651 Å². The minimum atomic E-state index is -0.967. The van der Waals surface area contributed by atoms with Crippen molar-refractivity contribution in [1.82, 2.24) is 0 Å².